The Morgan fingerprint density at radius 1 is 1.27 bits per heavy atom. The Labute approximate surface area is 152 Å². The van der Waals surface area contributed by atoms with Gasteiger partial charge in [0.1, 0.15) is 12.3 Å². The molecule has 2 heterocycles. The number of carboxylic acids is 1. The maximum Gasteiger partial charge on any atom is 0.307 e. The Hall–Kier alpha value is -2.57. The first-order valence-corrected chi connectivity index (χ1v) is 8.93. The highest BCUT2D eigenvalue weighted by Crippen LogP contribution is 2.35. The van der Waals surface area contributed by atoms with Crippen molar-refractivity contribution in [2.45, 2.75) is 39.2 Å². The van der Waals surface area contributed by atoms with E-state index in [1.54, 1.807) is 17.0 Å². The van der Waals surface area contributed by atoms with Crippen LogP contribution in [0.5, 0.6) is 5.75 Å². The summed E-state index contributed by atoms with van der Waals surface area (Å²) >= 11 is 0. The van der Waals surface area contributed by atoms with Gasteiger partial charge >= 0.3 is 5.97 Å². The number of aryl methyl sites for hydroxylation is 1. The standard InChI is InChI=1S/C19H24N2O5/c1-12-5-7-20(8-6-12)17(22)11-21-14-9-13(2)3-4-15(14)26-16(19(21)25)10-18(23)24/h3-4,9,12,16H,5-8,10-11H2,1-2H3,(H,23,24). The smallest absolute Gasteiger partial charge is 0.307 e. The second-order valence-electron chi connectivity index (χ2n) is 7.16. The number of aliphatic carboxylic acids is 1. The summed E-state index contributed by atoms with van der Waals surface area (Å²) in [5, 5.41) is 9.05. The number of fused-ring (bicyclic) bond motifs is 1. The first-order valence-electron chi connectivity index (χ1n) is 8.93. The fourth-order valence-corrected chi connectivity index (χ4v) is 3.38. The minimum atomic E-state index is -1.12. The lowest BCUT2D eigenvalue weighted by molar-refractivity contribution is -0.142. The largest absolute Gasteiger partial charge is 0.481 e. The van der Waals surface area contributed by atoms with Gasteiger partial charge in [-0.25, -0.2) is 0 Å². The maximum absolute atomic E-state index is 12.8. The van der Waals surface area contributed by atoms with Gasteiger partial charge in [0, 0.05) is 13.1 Å². The molecule has 2 aliphatic heterocycles. The van der Waals surface area contributed by atoms with E-state index in [0.29, 0.717) is 30.4 Å². The monoisotopic (exact) mass is 360 g/mol. The average Bonchev–Trinajstić information content (AvgIpc) is 2.59. The summed E-state index contributed by atoms with van der Waals surface area (Å²) in [7, 11) is 0. The van der Waals surface area contributed by atoms with E-state index in [9.17, 15) is 14.4 Å². The molecular weight excluding hydrogens is 336 g/mol. The Kier molecular flexibility index (Phi) is 5.15. The van der Waals surface area contributed by atoms with Gasteiger partial charge < -0.3 is 14.7 Å². The minimum Gasteiger partial charge on any atom is -0.481 e. The fourth-order valence-electron chi connectivity index (χ4n) is 3.38. The zero-order chi connectivity index (χ0) is 18.8. The van der Waals surface area contributed by atoms with Crippen molar-refractivity contribution in [2.24, 2.45) is 5.92 Å². The van der Waals surface area contributed by atoms with Crippen molar-refractivity contribution in [2.75, 3.05) is 24.5 Å². The molecule has 1 atom stereocenters. The van der Waals surface area contributed by atoms with Gasteiger partial charge in [-0.2, -0.15) is 0 Å². The first-order chi connectivity index (χ1) is 12.3. The van der Waals surface area contributed by atoms with E-state index in [0.717, 1.165) is 18.4 Å². The van der Waals surface area contributed by atoms with Gasteiger partial charge in [-0.05, 0) is 43.4 Å². The third-order valence-electron chi connectivity index (χ3n) is 5.01. The van der Waals surface area contributed by atoms with Crippen molar-refractivity contribution < 1.29 is 24.2 Å². The maximum atomic E-state index is 12.8. The summed E-state index contributed by atoms with van der Waals surface area (Å²) in [5.41, 5.74) is 1.46. The van der Waals surface area contributed by atoms with Gasteiger partial charge in [0.2, 0.25) is 5.91 Å². The second kappa shape index (κ2) is 7.35. The number of carbonyl (C=O) groups excluding carboxylic acids is 2. The molecule has 0 radical (unpaired) electrons. The van der Waals surface area contributed by atoms with Gasteiger partial charge in [-0.1, -0.05) is 13.0 Å². The molecule has 7 nitrogen and oxygen atoms in total. The average molecular weight is 360 g/mol. The Morgan fingerprint density at radius 2 is 1.96 bits per heavy atom. The number of hydrogen-bond acceptors (Lipinski definition) is 4. The minimum absolute atomic E-state index is 0.0941. The number of rotatable bonds is 4. The zero-order valence-corrected chi connectivity index (χ0v) is 15.1. The zero-order valence-electron chi connectivity index (χ0n) is 15.1. The molecule has 140 valence electrons. The number of nitrogens with zero attached hydrogens (tertiary/aromatic N) is 2. The molecule has 0 aromatic heterocycles. The van der Waals surface area contributed by atoms with Crippen LogP contribution in [0.1, 0.15) is 31.7 Å². The fraction of sp³-hybridized carbons (Fsp3) is 0.526. The molecule has 1 saturated heterocycles. The van der Waals surface area contributed by atoms with Crippen LogP contribution >= 0.6 is 0 Å². The topological polar surface area (TPSA) is 87.2 Å². The highest BCUT2D eigenvalue weighted by atomic mass is 16.5. The van der Waals surface area contributed by atoms with Crippen LogP contribution in [0.25, 0.3) is 0 Å². The van der Waals surface area contributed by atoms with Crippen molar-refractivity contribution >= 4 is 23.5 Å². The van der Waals surface area contributed by atoms with Crippen LogP contribution in [0.3, 0.4) is 0 Å². The molecule has 2 aliphatic rings. The molecule has 1 fully saturated rings. The normalized spacial score (nSPS) is 20.5. The molecule has 2 amide bonds. The Balaban J connectivity index is 1.83. The number of piperidine rings is 1. The quantitative estimate of drug-likeness (QED) is 0.885. The van der Waals surface area contributed by atoms with Crippen molar-refractivity contribution in [1.29, 1.82) is 0 Å². The number of anilines is 1. The Morgan fingerprint density at radius 3 is 2.62 bits per heavy atom. The van der Waals surface area contributed by atoms with Crippen LogP contribution in [-0.4, -0.2) is 53.5 Å². The molecule has 3 rings (SSSR count). The third-order valence-corrected chi connectivity index (χ3v) is 5.01. The summed E-state index contributed by atoms with van der Waals surface area (Å²) in [6.07, 6.45) is 0.370. The van der Waals surface area contributed by atoms with E-state index < -0.39 is 24.4 Å². The molecule has 1 aromatic carbocycles. The van der Waals surface area contributed by atoms with E-state index >= 15 is 0 Å². The first kappa shape index (κ1) is 18.2. The van der Waals surface area contributed by atoms with Gasteiger partial charge in [0.15, 0.2) is 6.10 Å². The Bertz CT molecular complexity index is 725. The number of amides is 2. The number of hydrogen-bond donors (Lipinski definition) is 1. The molecule has 1 aromatic rings. The summed E-state index contributed by atoms with van der Waals surface area (Å²) < 4.78 is 5.58. The van der Waals surface area contributed by atoms with E-state index in [4.69, 9.17) is 9.84 Å². The summed E-state index contributed by atoms with van der Waals surface area (Å²) in [5.74, 6) is -0.679. The van der Waals surface area contributed by atoms with Crippen LogP contribution in [-0.2, 0) is 14.4 Å². The number of likely N-dealkylation sites (tertiary alicyclic amines) is 1. The van der Waals surface area contributed by atoms with Crippen LogP contribution in [0, 0.1) is 12.8 Å². The SMILES string of the molecule is Cc1ccc2c(c1)N(CC(=O)N1CCC(C)CC1)C(=O)C(CC(=O)O)O2. The van der Waals surface area contributed by atoms with E-state index in [2.05, 4.69) is 6.92 Å². The lowest BCUT2D eigenvalue weighted by Crippen LogP contribution is -2.51. The van der Waals surface area contributed by atoms with Crippen LogP contribution in [0.15, 0.2) is 18.2 Å². The van der Waals surface area contributed by atoms with Crippen LogP contribution in [0.4, 0.5) is 5.69 Å². The highest BCUT2D eigenvalue weighted by Gasteiger charge is 2.37. The van der Waals surface area contributed by atoms with Gasteiger partial charge in [-0.3, -0.25) is 19.3 Å². The predicted molar refractivity (Wildman–Crippen MR) is 95.2 cm³/mol. The van der Waals surface area contributed by atoms with Gasteiger partial charge in [0.05, 0.1) is 12.1 Å². The second-order valence-corrected chi connectivity index (χ2v) is 7.16. The lowest BCUT2D eigenvalue weighted by Gasteiger charge is -2.36. The van der Waals surface area contributed by atoms with Crippen molar-refractivity contribution in [3.05, 3.63) is 23.8 Å². The summed E-state index contributed by atoms with van der Waals surface area (Å²) in [4.78, 5) is 39.7. The highest BCUT2D eigenvalue weighted by molar-refractivity contribution is 6.05. The van der Waals surface area contributed by atoms with E-state index in [1.807, 2.05) is 13.0 Å². The molecule has 0 bridgehead atoms. The molecule has 0 spiro atoms. The van der Waals surface area contributed by atoms with Crippen molar-refractivity contribution in [3.8, 4) is 5.75 Å². The van der Waals surface area contributed by atoms with Crippen molar-refractivity contribution in [1.82, 2.24) is 4.90 Å². The predicted octanol–water partition coefficient (Wildman–Crippen LogP) is 1.82. The molecular formula is C19H24N2O5. The van der Waals surface area contributed by atoms with Gasteiger partial charge in [-0.15, -0.1) is 0 Å². The molecule has 0 aliphatic carbocycles. The lowest BCUT2D eigenvalue weighted by atomic mass is 9.99. The number of benzene rings is 1. The molecule has 1 N–H and O–H groups in total. The number of ether oxygens (including phenoxy) is 1. The molecule has 0 saturated carbocycles. The van der Waals surface area contributed by atoms with E-state index in [-0.39, 0.29) is 12.5 Å². The summed E-state index contributed by atoms with van der Waals surface area (Å²) in [6.45, 7) is 5.35. The van der Waals surface area contributed by atoms with E-state index in [1.165, 1.54) is 4.90 Å². The van der Waals surface area contributed by atoms with Crippen molar-refractivity contribution in [3.63, 3.8) is 0 Å². The van der Waals surface area contributed by atoms with Crippen LogP contribution < -0.4 is 9.64 Å². The van der Waals surface area contributed by atoms with Crippen LogP contribution in [0.2, 0.25) is 0 Å². The molecule has 1 unspecified atom stereocenters. The number of carbonyl (C=O) groups is 3. The molecule has 26 heavy (non-hydrogen) atoms. The molecule has 7 heteroatoms. The third kappa shape index (κ3) is 3.81. The number of carboxylic acid groups (broad SMARTS) is 1. The van der Waals surface area contributed by atoms with Gasteiger partial charge in [0.25, 0.3) is 5.91 Å². The summed E-state index contributed by atoms with van der Waals surface area (Å²) in [6, 6.07) is 5.33.